The molecule has 9 heteroatoms. The third-order valence-electron chi connectivity index (χ3n) is 5.59. The third kappa shape index (κ3) is 5.56. The second kappa shape index (κ2) is 9.35. The highest BCUT2D eigenvalue weighted by Crippen LogP contribution is 2.54. The first-order chi connectivity index (χ1) is 15.1. The molecular formula is C25H35FO8. The van der Waals surface area contributed by atoms with Crippen LogP contribution in [-0.4, -0.2) is 45.3 Å². The highest BCUT2D eigenvalue weighted by Gasteiger charge is 2.67. The third-order valence-corrected chi connectivity index (χ3v) is 5.59. The fourth-order valence-corrected chi connectivity index (χ4v) is 4.28. The highest BCUT2D eigenvalue weighted by molar-refractivity contribution is 6.08. The normalized spacial score (nSPS) is 13.2. The van der Waals surface area contributed by atoms with Gasteiger partial charge in [-0.05, 0) is 49.3 Å². The molecule has 0 bridgehead atoms. The minimum atomic E-state index is -3.07. The maximum Gasteiger partial charge on any atom is 0.360 e. The Morgan fingerprint density at radius 2 is 1.12 bits per heavy atom. The second-order valence-electron chi connectivity index (χ2n) is 11.4. The minimum Gasteiger partial charge on any atom is -0.478 e. The van der Waals surface area contributed by atoms with Crippen LogP contribution in [0.25, 0.3) is 0 Å². The Morgan fingerprint density at radius 1 is 0.735 bits per heavy atom. The van der Waals surface area contributed by atoms with Crippen LogP contribution in [0.15, 0.2) is 24.3 Å². The molecule has 0 spiro atoms. The van der Waals surface area contributed by atoms with Gasteiger partial charge in [0, 0.05) is 6.42 Å². The maximum absolute atomic E-state index is 13.8. The largest absolute Gasteiger partial charge is 0.478 e. The Balaban J connectivity index is 3.78. The van der Waals surface area contributed by atoms with Crippen LogP contribution in [-0.2, 0) is 35.1 Å². The van der Waals surface area contributed by atoms with Crippen molar-refractivity contribution in [1.29, 1.82) is 0 Å². The summed E-state index contributed by atoms with van der Waals surface area (Å²) in [7, 11) is 0. The molecule has 190 valence electrons. The summed E-state index contributed by atoms with van der Waals surface area (Å²) in [5.74, 6) is -6.80. The van der Waals surface area contributed by atoms with Crippen LogP contribution in [0, 0.1) is 22.1 Å². The molecular weight excluding hydrogens is 447 g/mol. The standard InChI is InChI=1S/C25H35FO8/c1-21(2,3)25(22(4,5)6,19(31)33-23(7,8)9)20(32)34-24(17(27)28,18(29)30)14-15-10-12-16(26)13-11-15/h10-13H,14H2,1-9H3,(H,27,28)(H,29,30). The van der Waals surface area contributed by atoms with Crippen molar-refractivity contribution in [3.05, 3.63) is 35.6 Å². The van der Waals surface area contributed by atoms with Gasteiger partial charge in [-0.3, -0.25) is 9.59 Å². The van der Waals surface area contributed by atoms with E-state index in [0.29, 0.717) is 0 Å². The molecule has 0 saturated heterocycles. The number of carboxylic acid groups (broad SMARTS) is 2. The lowest BCUT2D eigenvalue weighted by molar-refractivity contribution is -0.216. The summed E-state index contributed by atoms with van der Waals surface area (Å²) >= 11 is 0. The summed E-state index contributed by atoms with van der Waals surface area (Å²) in [6.07, 6.45) is -0.789. The molecule has 0 radical (unpaired) electrons. The van der Waals surface area contributed by atoms with Crippen LogP contribution in [0.1, 0.15) is 67.9 Å². The van der Waals surface area contributed by atoms with Crippen molar-refractivity contribution < 1.29 is 43.3 Å². The number of carbonyl (C=O) groups is 4. The van der Waals surface area contributed by atoms with Gasteiger partial charge in [0.25, 0.3) is 0 Å². The summed E-state index contributed by atoms with van der Waals surface area (Å²) in [6.45, 7) is 14.4. The van der Waals surface area contributed by atoms with Crippen molar-refractivity contribution in [3.63, 3.8) is 0 Å². The Hall–Kier alpha value is -2.97. The molecule has 0 amide bonds. The van der Waals surface area contributed by atoms with E-state index in [1.807, 2.05) is 0 Å². The monoisotopic (exact) mass is 482 g/mol. The number of hydrogen-bond donors (Lipinski definition) is 2. The number of carboxylic acids is 2. The van der Waals surface area contributed by atoms with Crippen molar-refractivity contribution in [1.82, 2.24) is 0 Å². The van der Waals surface area contributed by atoms with E-state index in [4.69, 9.17) is 9.47 Å². The summed E-state index contributed by atoms with van der Waals surface area (Å²) < 4.78 is 24.2. The lowest BCUT2D eigenvalue weighted by Crippen LogP contribution is -2.63. The van der Waals surface area contributed by atoms with E-state index in [9.17, 15) is 33.8 Å². The van der Waals surface area contributed by atoms with Crippen molar-refractivity contribution in [2.45, 2.75) is 79.9 Å². The van der Waals surface area contributed by atoms with Gasteiger partial charge in [-0.2, -0.15) is 0 Å². The number of rotatable bonds is 7. The SMILES string of the molecule is CC(C)(C)OC(=O)C(C(=O)OC(Cc1ccc(F)cc1)(C(=O)O)C(=O)O)(C(C)(C)C)C(C)(C)C. The van der Waals surface area contributed by atoms with Crippen molar-refractivity contribution in [2.75, 3.05) is 0 Å². The average molecular weight is 483 g/mol. The topological polar surface area (TPSA) is 127 Å². The Labute approximate surface area is 199 Å². The van der Waals surface area contributed by atoms with Gasteiger partial charge in [0.2, 0.25) is 0 Å². The number of halogens is 1. The fourth-order valence-electron chi connectivity index (χ4n) is 4.28. The molecule has 0 atom stereocenters. The predicted octanol–water partition coefficient (Wildman–Crippen LogP) is 4.24. The van der Waals surface area contributed by atoms with E-state index < -0.39 is 63.6 Å². The van der Waals surface area contributed by atoms with E-state index in [-0.39, 0.29) is 5.56 Å². The van der Waals surface area contributed by atoms with E-state index >= 15 is 0 Å². The Kier molecular flexibility index (Phi) is 7.99. The molecule has 0 aliphatic heterocycles. The number of hydrogen-bond acceptors (Lipinski definition) is 6. The number of esters is 2. The van der Waals surface area contributed by atoms with E-state index in [2.05, 4.69) is 0 Å². The van der Waals surface area contributed by atoms with Crippen LogP contribution in [0.4, 0.5) is 4.39 Å². The molecule has 8 nitrogen and oxygen atoms in total. The predicted molar refractivity (Wildman–Crippen MR) is 121 cm³/mol. The lowest BCUT2D eigenvalue weighted by Gasteiger charge is -2.50. The average Bonchev–Trinajstić information content (AvgIpc) is 2.58. The number of ether oxygens (including phenoxy) is 2. The minimum absolute atomic E-state index is 0.105. The van der Waals surface area contributed by atoms with Gasteiger partial charge < -0.3 is 19.7 Å². The molecule has 0 saturated carbocycles. The second-order valence-corrected chi connectivity index (χ2v) is 11.4. The van der Waals surface area contributed by atoms with Crippen LogP contribution in [0.5, 0.6) is 0 Å². The first-order valence-corrected chi connectivity index (χ1v) is 10.8. The summed E-state index contributed by atoms with van der Waals surface area (Å²) in [4.78, 5) is 51.9. The van der Waals surface area contributed by atoms with Crippen molar-refractivity contribution >= 4 is 23.9 Å². The van der Waals surface area contributed by atoms with Crippen LogP contribution in [0.2, 0.25) is 0 Å². The molecule has 0 aliphatic rings. The van der Waals surface area contributed by atoms with Gasteiger partial charge in [0.05, 0.1) is 0 Å². The molecule has 1 aromatic carbocycles. The van der Waals surface area contributed by atoms with Crippen molar-refractivity contribution in [2.24, 2.45) is 16.2 Å². The van der Waals surface area contributed by atoms with Crippen LogP contribution >= 0.6 is 0 Å². The van der Waals surface area contributed by atoms with Gasteiger partial charge in [0.1, 0.15) is 11.4 Å². The first kappa shape index (κ1) is 29.1. The zero-order valence-corrected chi connectivity index (χ0v) is 21.2. The quantitative estimate of drug-likeness (QED) is 0.436. The van der Waals surface area contributed by atoms with E-state index in [1.165, 1.54) is 12.1 Å². The van der Waals surface area contributed by atoms with Gasteiger partial charge in [-0.1, -0.05) is 53.7 Å². The van der Waals surface area contributed by atoms with E-state index in [1.54, 1.807) is 62.3 Å². The first-order valence-electron chi connectivity index (χ1n) is 10.8. The molecule has 1 aromatic rings. The molecule has 0 heterocycles. The molecule has 0 unspecified atom stereocenters. The number of aliphatic carboxylic acids is 2. The molecule has 0 fully saturated rings. The van der Waals surface area contributed by atoms with Gasteiger partial charge in [-0.15, -0.1) is 0 Å². The van der Waals surface area contributed by atoms with Gasteiger partial charge in [0.15, 0.2) is 5.41 Å². The van der Waals surface area contributed by atoms with Gasteiger partial charge in [-0.25, -0.2) is 14.0 Å². The molecule has 1 rings (SSSR count). The van der Waals surface area contributed by atoms with E-state index in [0.717, 1.165) is 12.1 Å². The lowest BCUT2D eigenvalue weighted by atomic mass is 9.53. The zero-order chi connectivity index (χ0) is 26.9. The Morgan fingerprint density at radius 3 is 1.44 bits per heavy atom. The molecule has 0 aliphatic carbocycles. The van der Waals surface area contributed by atoms with Gasteiger partial charge >= 0.3 is 29.5 Å². The number of benzene rings is 1. The zero-order valence-electron chi connectivity index (χ0n) is 21.2. The summed E-state index contributed by atoms with van der Waals surface area (Å²) in [5.41, 5.74) is -8.41. The maximum atomic E-state index is 13.8. The summed E-state index contributed by atoms with van der Waals surface area (Å²) in [5, 5.41) is 19.8. The number of carbonyl (C=O) groups excluding carboxylic acids is 2. The smallest absolute Gasteiger partial charge is 0.360 e. The molecule has 0 aromatic heterocycles. The molecule has 34 heavy (non-hydrogen) atoms. The van der Waals surface area contributed by atoms with Crippen LogP contribution < -0.4 is 0 Å². The fraction of sp³-hybridized carbons (Fsp3) is 0.600. The van der Waals surface area contributed by atoms with Crippen LogP contribution in [0.3, 0.4) is 0 Å². The highest BCUT2D eigenvalue weighted by atomic mass is 19.1. The molecule has 2 N–H and O–H groups in total. The summed E-state index contributed by atoms with van der Waals surface area (Å²) in [6, 6.07) is 4.44. The Bertz CT molecular complexity index is 915. The van der Waals surface area contributed by atoms with Crippen molar-refractivity contribution in [3.8, 4) is 0 Å².